The highest BCUT2D eigenvalue weighted by molar-refractivity contribution is 5.79. The van der Waals surface area contributed by atoms with E-state index in [2.05, 4.69) is 9.73 Å². The Bertz CT molecular complexity index is 864. The van der Waals surface area contributed by atoms with Crippen molar-refractivity contribution < 1.29 is 39.9 Å². The summed E-state index contributed by atoms with van der Waals surface area (Å²) in [6, 6.07) is 0.849. The molecule has 0 bridgehead atoms. The molecule has 0 radical (unpaired) electrons. The fourth-order valence-corrected chi connectivity index (χ4v) is 2.08. The fraction of sp³-hybridized carbons (Fsp3) is 0.0714. The van der Waals surface area contributed by atoms with Crippen molar-refractivity contribution in [2.24, 2.45) is 4.99 Å². The highest BCUT2D eigenvalue weighted by Crippen LogP contribution is 2.42. The van der Waals surface area contributed by atoms with Gasteiger partial charge >= 0.3 is 6.11 Å². The number of alkyl halides is 2. The van der Waals surface area contributed by atoms with Crippen LogP contribution in [0, 0.1) is 34.9 Å². The van der Waals surface area contributed by atoms with Crippen LogP contribution in [0.2, 0.25) is 0 Å². The van der Waals surface area contributed by atoms with Gasteiger partial charge in [0, 0.05) is 11.6 Å². The van der Waals surface area contributed by atoms with Gasteiger partial charge in [-0.05, 0) is 6.07 Å². The minimum Gasteiger partial charge on any atom is -0.426 e. The van der Waals surface area contributed by atoms with E-state index >= 15 is 0 Å². The van der Waals surface area contributed by atoms with Gasteiger partial charge in [-0.2, -0.15) is 8.78 Å². The van der Waals surface area contributed by atoms with Crippen LogP contribution in [-0.2, 0) is 0 Å². The summed E-state index contributed by atoms with van der Waals surface area (Å²) in [6.07, 6.45) is -3.79. The minimum absolute atomic E-state index is 0.0373. The third-order valence-corrected chi connectivity index (χ3v) is 3.13. The topological polar surface area (TPSA) is 21.6 Å². The van der Waals surface area contributed by atoms with E-state index in [4.69, 9.17) is 0 Å². The van der Waals surface area contributed by atoms with Crippen LogP contribution in [0.5, 0.6) is 5.75 Å². The summed E-state index contributed by atoms with van der Waals surface area (Å²) in [5.41, 5.74) is -3.06. The summed E-state index contributed by atoms with van der Waals surface area (Å²) in [6.45, 7) is 0. The number of halogens is 8. The Morgan fingerprint density at radius 3 is 1.92 bits per heavy atom. The summed E-state index contributed by atoms with van der Waals surface area (Å²) in [4.78, 5) is 3.22. The molecule has 0 atom stereocenters. The maximum absolute atomic E-state index is 14.0. The van der Waals surface area contributed by atoms with E-state index in [-0.39, 0.29) is 6.21 Å². The number of benzene rings is 2. The van der Waals surface area contributed by atoms with Crippen LogP contribution in [0.15, 0.2) is 17.1 Å². The highest BCUT2D eigenvalue weighted by Gasteiger charge is 2.35. The van der Waals surface area contributed by atoms with Crippen LogP contribution < -0.4 is 4.74 Å². The van der Waals surface area contributed by atoms with Gasteiger partial charge in [0.2, 0.25) is 5.82 Å². The number of ether oxygens (including phenoxy) is 1. The third-order valence-electron chi connectivity index (χ3n) is 3.13. The van der Waals surface area contributed by atoms with E-state index < -0.39 is 63.6 Å². The van der Waals surface area contributed by atoms with Crippen molar-refractivity contribution in [3.05, 3.63) is 47.0 Å². The lowest BCUT2D eigenvalue weighted by atomic mass is 10.0. The second-order valence-electron chi connectivity index (χ2n) is 4.67. The second kappa shape index (κ2) is 5.18. The van der Waals surface area contributed by atoms with Gasteiger partial charge in [-0.15, -0.1) is 0 Å². The molecular weight excluding hydrogens is 350 g/mol. The van der Waals surface area contributed by atoms with Gasteiger partial charge in [-0.1, -0.05) is 0 Å². The molecule has 3 rings (SSSR count). The average Bonchev–Trinajstić information content (AvgIpc) is 2.51. The Morgan fingerprint density at radius 2 is 1.33 bits per heavy atom. The molecular formula is C14H3F8NO. The van der Waals surface area contributed by atoms with E-state index in [0.717, 1.165) is 0 Å². The highest BCUT2D eigenvalue weighted by atomic mass is 19.3. The molecule has 0 spiro atoms. The first-order valence-electron chi connectivity index (χ1n) is 6.10. The molecule has 1 aliphatic rings. The van der Waals surface area contributed by atoms with E-state index in [1.54, 1.807) is 0 Å². The number of hydrogen-bond donors (Lipinski definition) is 0. The van der Waals surface area contributed by atoms with Gasteiger partial charge in [0.25, 0.3) is 0 Å². The largest absolute Gasteiger partial charge is 0.437 e. The molecule has 2 nitrogen and oxygen atoms in total. The summed E-state index contributed by atoms with van der Waals surface area (Å²) in [5.74, 6) is -13.8. The van der Waals surface area contributed by atoms with E-state index in [9.17, 15) is 35.1 Å². The maximum Gasteiger partial charge on any atom is 0.437 e. The Kier molecular flexibility index (Phi) is 3.50. The van der Waals surface area contributed by atoms with E-state index in [0.29, 0.717) is 12.1 Å². The number of hydrogen-bond acceptors (Lipinski definition) is 2. The van der Waals surface area contributed by atoms with Gasteiger partial charge < -0.3 is 4.74 Å². The van der Waals surface area contributed by atoms with Crippen LogP contribution >= 0.6 is 0 Å². The molecule has 0 fully saturated rings. The molecule has 0 aromatic heterocycles. The second-order valence-corrected chi connectivity index (χ2v) is 4.67. The maximum atomic E-state index is 14.0. The van der Waals surface area contributed by atoms with Crippen molar-refractivity contribution in [3.8, 4) is 16.9 Å². The molecule has 0 saturated heterocycles. The zero-order chi connectivity index (χ0) is 17.8. The Hall–Kier alpha value is -2.65. The number of aliphatic imine (C=N–C) groups is 1. The molecule has 2 aromatic rings. The summed E-state index contributed by atoms with van der Waals surface area (Å²) in [5, 5.41) is 0. The normalized spacial score (nSPS) is 15.2. The van der Waals surface area contributed by atoms with Crippen LogP contribution in [0.4, 0.5) is 40.8 Å². The molecule has 10 heteroatoms. The molecule has 0 aliphatic carbocycles. The quantitative estimate of drug-likeness (QED) is 0.407. The van der Waals surface area contributed by atoms with Gasteiger partial charge in [0.15, 0.2) is 29.0 Å². The van der Waals surface area contributed by atoms with Crippen molar-refractivity contribution in [1.82, 2.24) is 0 Å². The zero-order valence-corrected chi connectivity index (χ0v) is 11.1. The summed E-state index contributed by atoms with van der Waals surface area (Å²) < 4.78 is 111. The first-order valence-corrected chi connectivity index (χ1v) is 6.10. The van der Waals surface area contributed by atoms with Crippen molar-refractivity contribution >= 4 is 11.9 Å². The Morgan fingerprint density at radius 1 is 0.792 bits per heavy atom. The predicted molar refractivity (Wildman–Crippen MR) is 65.4 cm³/mol. The molecule has 0 saturated carbocycles. The van der Waals surface area contributed by atoms with Crippen LogP contribution in [0.25, 0.3) is 11.1 Å². The molecule has 0 N–H and O–H groups in total. The average molecular weight is 353 g/mol. The molecule has 0 amide bonds. The van der Waals surface area contributed by atoms with Crippen molar-refractivity contribution in [1.29, 1.82) is 0 Å². The summed E-state index contributed by atoms with van der Waals surface area (Å²) >= 11 is 0. The Labute approximate surface area is 128 Å². The standard InChI is InChI=1S/C14H3F8NO/c15-5-2-7-6(23-3-14(21,22)24-7)1-4(5)8-9(16)11(18)13(20)12(19)10(8)17/h1-3H. The number of rotatable bonds is 1. The molecule has 24 heavy (non-hydrogen) atoms. The smallest absolute Gasteiger partial charge is 0.426 e. The monoisotopic (exact) mass is 353 g/mol. The fourth-order valence-electron chi connectivity index (χ4n) is 2.08. The van der Waals surface area contributed by atoms with E-state index in [1.807, 2.05) is 0 Å². The van der Waals surface area contributed by atoms with Gasteiger partial charge in [0.05, 0.1) is 5.56 Å². The first-order chi connectivity index (χ1) is 11.1. The minimum atomic E-state index is -3.83. The number of fused-ring (bicyclic) bond motifs is 1. The molecule has 2 aromatic carbocycles. The zero-order valence-electron chi connectivity index (χ0n) is 11.1. The molecule has 126 valence electrons. The van der Waals surface area contributed by atoms with Crippen molar-refractivity contribution in [3.63, 3.8) is 0 Å². The van der Waals surface area contributed by atoms with Crippen molar-refractivity contribution in [2.75, 3.05) is 0 Å². The van der Waals surface area contributed by atoms with Crippen LogP contribution in [-0.4, -0.2) is 12.3 Å². The van der Waals surface area contributed by atoms with Gasteiger partial charge in [0.1, 0.15) is 17.7 Å². The Balaban J connectivity index is 2.27. The van der Waals surface area contributed by atoms with Crippen molar-refractivity contribution in [2.45, 2.75) is 6.11 Å². The van der Waals surface area contributed by atoms with Gasteiger partial charge in [-0.3, -0.25) is 0 Å². The van der Waals surface area contributed by atoms with Crippen LogP contribution in [0.3, 0.4) is 0 Å². The molecule has 1 aliphatic heterocycles. The molecule has 1 heterocycles. The first kappa shape index (κ1) is 16.2. The third kappa shape index (κ3) is 2.38. The lowest BCUT2D eigenvalue weighted by Gasteiger charge is -2.20. The predicted octanol–water partition coefficient (Wildman–Crippen LogP) is 4.88. The lowest BCUT2D eigenvalue weighted by Crippen LogP contribution is -2.28. The lowest BCUT2D eigenvalue weighted by molar-refractivity contribution is -0.109. The molecule has 0 unspecified atom stereocenters. The van der Waals surface area contributed by atoms with Crippen LogP contribution in [0.1, 0.15) is 0 Å². The van der Waals surface area contributed by atoms with E-state index in [1.165, 1.54) is 0 Å². The SMILES string of the molecule is Fc1cc2c(cc1-c1c(F)c(F)c(F)c(F)c1F)N=CC(F)(F)O2. The van der Waals surface area contributed by atoms with Gasteiger partial charge in [-0.25, -0.2) is 31.3 Å². The summed E-state index contributed by atoms with van der Waals surface area (Å²) in [7, 11) is 0. The number of nitrogens with zero attached hydrogens (tertiary/aromatic N) is 1.